The van der Waals surface area contributed by atoms with Gasteiger partial charge in [0, 0.05) is 11.3 Å². The molecule has 1 amide bonds. The first-order chi connectivity index (χ1) is 15.5. The van der Waals surface area contributed by atoms with Gasteiger partial charge in [0.25, 0.3) is 5.91 Å². The Morgan fingerprint density at radius 1 is 0.938 bits per heavy atom. The molecule has 0 unspecified atom stereocenters. The van der Waals surface area contributed by atoms with Crippen molar-refractivity contribution < 1.29 is 19.0 Å². The summed E-state index contributed by atoms with van der Waals surface area (Å²) in [6.45, 7) is 2.14. The molecular weight excluding hydrogens is 406 g/mol. The fourth-order valence-corrected chi connectivity index (χ4v) is 3.73. The van der Waals surface area contributed by atoms with Crippen LogP contribution in [0.3, 0.4) is 0 Å². The Hall–Kier alpha value is -4.00. The number of hydrogen-bond acceptors (Lipinski definition) is 5. The van der Waals surface area contributed by atoms with Crippen molar-refractivity contribution in [3.63, 3.8) is 0 Å². The minimum Gasteiger partial charge on any atom is -0.493 e. The number of amides is 1. The van der Waals surface area contributed by atoms with Crippen LogP contribution in [-0.2, 0) is 0 Å². The van der Waals surface area contributed by atoms with E-state index >= 15 is 0 Å². The van der Waals surface area contributed by atoms with E-state index in [1.807, 2.05) is 42.7 Å². The Bertz CT molecular complexity index is 1230. The van der Waals surface area contributed by atoms with E-state index in [4.69, 9.17) is 14.2 Å². The highest BCUT2D eigenvalue weighted by Gasteiger charge is 2.18. The zero-order chi connectivity index (χ0) is 22.7. The van der Waals surface area contributed by atoms with Crippen molar-refractivity contribution in [1.82, 2.24) is 9.55 Å². The molecule has 1 heterocycles. The molecule has 4 rings (SSSR count). The van der Waals surface area contributed by atoms with Crippen molar-refractivity contribution in [1.29, 1.82) is 0 Å². The van der Waals surface area contributed by atoms with Gasteiger partial charge in [-0.25, -0.2) is 4.98 Å². The number of anilines is 1. The molecule has 4 aromatic rings. The maximum atomic E-state index is 12.9. The maximum Gasteiger partial charge on any atom is 0.255 e. The van der Waals surface area contributed by atoms with Crippen molar-refractivity contribution in [2.45, 2.75) is 13.0 Å². The number of aromatic nitrogens is 2. The van der Waals surface area contributed by atoms with E-state index in [2.05, 4.69) is 33.9 Å². The molecule has 7 heteroatoms. The standard InChI is InChI=1S/C25H25N3O4/c1-16(17-8-6-5-7-9-17)28-15-26-20-14-19(10-11-21(20)28)27-25(29)18-12-22(30-2)24(32-4)23(13-18)31-3/h5-16H,1-4H3,(H,27,29)/t16-/m1/s1. The van der Waals surface area contributed by atoms with Gasteiger partial charge in [-0.15, -0.1) is 0 Å². The van der Waals surface area contributed by atoms with Crippen LogP contribution >= 0.6 is 0 Å². The molecule has 0 bridgehead atoms. The molecule has 164 valence electrons. The van der Waals surface area contributed by atoms with Gasteiger partial charge in [-0.1, -0.05) is 30.3 Å². The van der Waals surface area contributed by atoms with Crippen LogP contribution in [0.15, 0.2) is 67.0 Å². The molecule has 1 atom stereocenters. The lowest BCUT2D eigenvalue weighted by Gasteiger charge is -2.15. The number of fused-ring (bicyclic) bond motifs is 1. The van der Waals surface area contributed by atoms with Crippen LogP contribution in [0.5, 0.6) is 17.2 Å². The Labute approximate surface area is 186 Å². The normalized spacial score (nSPS) is 11.8. The third kappa shape index (κ3) is 3.97. The summed E-state index contributed by atoms with van der Waals surface area (Å²) in [6, 6.07) is 19.3. The number of hydrogen-bond donors (Lipinski definition) is 1. The summed E-state index contributed by atoms with van der Waals surface area (Å²) in [6.07, 6.45) is 1.83. The van der Waals surface area contributed by atoms with Gasteiger partial charge in [-0.05, 0) is 42.8 Å². The van der Waals surface area contributed by atoms with E-state index in [1.54, 1.807) is 12.1 Å². The average molecular weight is 431 g/mol. The number of carbonyl (C=O) groups is 1. The van der Waals surface area contributed by atoms with E-state index in [9.17, 15) is 4.79 Å². The average Bonchev–Trinajstić information content (AvgIpc) is 3.26. The minimum atomic E-state index is -0.291. The fraction of sp³-hybridized carbons (Fsp3) is 0.200. The van der Waals surface area contributed by atoms with Gasteiger partial charge in [0.05, 0.1) is 44.7 Å². The number of benzene rings is 3. The first-order valence-electron chi connectivity index (χ1n) is 10.2. The van der Waals surface area contributed by atoms with Gasteiger partial charge in [-0.2, -0.15) is 0 Å². The third-order valence-corrected chi connectivity index (χ3v) is 5.46. The van der Waals surface area contributed by atoms with Crippen LogP contribution in [0.2, 0.25) is 0 Å². The zero-order valence-electron chi connectivity index (χ0n) is 18.5. The molecule has 0 aliphatic heterocycles. The highest BCUT2D eigenvalue weighted by Crippen LogP contribution is 2.38. The molecule has 0 radical (unpaired) electrons. The van der Waals surface area contributed by atoms with Gasteiger partial charge in [-0.3, -0.25) is 4.79 Å². The third-order valence-electron chi connectivity index (χ3n) is 5.46. The van der Waals surface area contributed by atoms with E-state index in [1.165, 1.54) is 26.9 Å². The molecule has 0 aliphatic carbocycles. The smallest absolute Gasteiger partial charge is 0.255 e. The predicted octanol–water partition coefficient (Wildman–Crippen LogP) is 4.92. The van der Waals surface area contributed by atoms with E-state index in [0.29, 0.717) is 28.5 Å². The molecule has 0 aliphatic rings. The summed E-state index contributed by atoms with van der Waals surface area (Å²) < 4.78 is 18.1. The van der Waals surface area contributed by atoms with Crippen molar-refractivity contribution >= 4 is 22.6 Å². The highest BCUT2D eigenvalue weighted by molar-refractivity contribution is 6.05. The predicted molar refractivity (Wildman–Crippen MR) is 124 cm³/mol. The number of nitrogens with zero attached hydrogens (tertiary/aromatic N) is 2. The Kier molecular flexibility index (Phi) is 5.98. The highest BCUT2D eigenvalue weighted by atomic mass is 16.5. The Balaban J connectivity index is 1.60. The second kappa shape index (κ2) is 9.01. The molecule has 0 spiro atoms. The number of carbonyl (C=O) groups excluding carboxylic acids is 1. The van der Waals surface area contributed by atoms with Crippen LogP contribution in [-0.4, -0.2) is 36.8 Å². The number of imidazole rings is 1. The molecule has 1 N–H and O–H groups in total. The summed E-state index contributed by atoms with van der Waals surface area (Å²) >= 11 is 0. The molecule has 1 aromatic heterocycles. The summed E-state index contributed by atoms with van der Waals surface area (Å²) in [4.78, 5) is 17.4. The number of rotatable bonds is 7. The summed E-state index contributed by atoms with van der Waals surface area (Å²) in [5.41, 5.74) is 4.03. The van der Waals surface area contributed by atoms with Gasteiger partial charge in [0.2, 0.25) is 5.75 Å². The van der Waals surface area contributed by atoms with Gasteiger partial charge in [0.1, 0.15) is 0 Å². The van der Waals surface area contributed by atoms with Crippen LogP contribution in [0.25, 0.3) is 11.0 Å². The van der Waals surface area contributed by atoms with E-state index in [0.717, 1.165) is 11.0 Å². The van der Waals surface area contributed by atoms with Gasteiger partial charge in [0.15, 0.2) is 11.5 Å². The lowest BCUT2D eigenvalue weighted by Crippen LogP contribution is -2.12. The molecule has 0 fully saturated rings. The van der Waals surface area contributed by atoms with Crippen molar-refractivity contribution in [3.8, 4) is 17.2 Å². The lowest BCUT2D eigenvalue weighted by molar-refractivity contribution is 0.102. The monoisotopic (exact) mass is 431 g/mol. The maximum absolute atomic E-state index is 12.9. The van der Waals surface area contributed by atoms with Crippen LogP contribution in [0, 0.1) is 0 Å². The van der Waals surface area contributed by atoms with E-state index in [-0.39, 0.29) is 11.9 Å². The van der Waals surface area contributed by atoms with Gasteiger partial charge < -0.3 is 24.1 Å². The summed E-state index contributed by atoms with van der Waals surface area (Å²) in [5, 5.41) is 2.92. The van der Waals surface area contributed by atoms with E-state index < -0.39 is 0 Å². The second-order valence-corrected chi connectivity index (χ2v) is 7.31. The topological polar surface area (TPSA) is 74.6 Å². The molecule has 0 saturated carbocycles. The summed E-state index contributed by atoms with van der Waals surface area (Å²) in [7, 11) is 4.55. The van der Waals surface area contributed by atoms with Crippen molar-refractivity contribution in [3.05, 3.63) is 78.1 Å². The summed E-state index contributed by atoms with van der Waals surface area (Å²) in [5.74, 6) is 0.980. The molecule has 3 aromatic carbocycles. The second-order valence-electron chi connectivity index (χ2n) is 7.31. The number of ether oxygens (including phenoxy) is 3. The Morgan fingerprint density at radius 3 is 2.25 bits per heavy atom. The van der Waals surface area contributed by atoms with Crippen molar-refractivity contribution in [2.75, 3.05) is 26.6 Å². The Morgan fingerprint density at radius 2 is 1.62 bits per heavy atom. The largest absolute Gasteiger partial charge is 0.493 e. The van der Waals surface area contributed by atoms with Crippen LogP contribution < -0.4 is 19.5 Å². The number of methoxy groups -OCH3 is 3. The fourth-order valence-electron chi connectivity index (χ4n) is 3.73. The zero-order valence-corrected chi connectivity index (χ0v) is 18.5. The van der Waals surface area contributed by atoms with Crippen LogP contribution in [0.4, 0.5) is 5.69 Å². The SMILES string of the molecule is COc1cc(C(=O)Nc2ccc3c(c2)ncn3[C@H](C)c2ccccc2)cc(OC)c1OC. The number of nitrogens with one attached hydrogen (secondary N) is 1. The molecule has 32 heavy (non-hydrogen) atoms. The first-order valence-corrected chi connectivity index (χ1v) is 10.2. The molecular formula is C25H25N3O4. The van der Waals surface area contributed by atoms with Crippen LogP contribution in [0.1, 0.15) is 28.9 Å². The quantitative estimate of drug-likeness (QED) is 0.449. The molecule has 0 saturated heterocycles. The minimum absolute atomic E-state index is 0.140. The van der Waals surface area contributed by atoms with Gasteiger partial charge >= 0.3 is 0 Å². The molecule has 7 nitrogen and oxygen atoms in total. The lowest BCUT2D eigenvalue weighted by atomic mass is 10.1. The van der Waals surface area contributed by atoms with Crippen molar-refractivity contribution in [2.24, 2.45) is 0 Å². The first kappa shape index (κ1) is 21.2.